The highest BCUT2D eigenvalue weighted by Gasteiger charge is 2.41. The van der Waals surface area contributed by atoms with Gasteiger partial charge in [0.1, 0.15) is 0 Å². The van der Waals surface area contributed by atoms with Crippen molar-refractivity contribution in [3.05, 3.63) is 11.8 Å². The predicted molar refractivity (Wildman–Crippen MR) is 67.2 cm³/mol. The van der Waals surface area contributed by atoms with Gasteiger partial charge in [-0.15, -0.1) is 0 Å². The largest absolute Gasteiger partial charge is 0.501 e. The molecule has 3 N–H and O–H groups in total. The number of rotatable bonds is 4. The van der Waals surface area contributed by atoms with E-state index >= 15 is 0 Å². The molecule has 1 saturated carbocycles. The predicted octanol–water partition coefficient (Wildman–Crippen LogP) is 1.86. The number of nitrogens with two attached hydrogens (primary N) is 1. The Morgan fingerprint density at radius 2 is 2.12 bits per heavy atom. The molecular formula is C13H24N2O2. The summed E-state index contributed by atoms with van der Waals surface area (Å²) in [6.07, 6.45) is 9.91. The van der Waals surface area contributed by atoms with Crippen LogP contribution >= 0.6 is 0 Å². The highest BCUT2D eigenvalue weighted by Crippen LogP contribution is 2.37. The van der Waals surface area contributed by atoms with Crippen molar-refractivity contribution in [2.24, 2.45) is 5.84 Å². The van der Waals surface area contributed by atoms with Crippen molar-refractivity contribution in [1.29, 1.82) is 0 Å². The first-order valence-electron chi connectivity index (χ1n) is 6.64. The maximum absolute atomic E-state index is 5.85. The lowest BCUT2D eigenvalue weighted by molar-refractivity contribution is -0.0606. The Balaban J connectivity index is 2.16. The highest BCUT2D eigenvalue weighted by atomic mass is 16.5. The van der Waals surface area contributed by atoms with Crippen LogP contribution in [-0.4, -0.2) is 25.4 Å². The Labute approximate surface area is 104 Å². The van der Waals surface area contributed by atoms with Gasteiger partial charge in [-0.25, -0.2) is 0 Å². The second-order valence-corrected chi connectivity index (χ2v) is 5.10. The molecule has 0 spiro atoms. The van der Waals surface area contributed by atoms with Crippen LogP contribution in [0.25, 0.3) is 0 Å². The van der Waals surface area contributed by atoms with Crippen LogP contribution in [0, 0.1) is 0 Å². The molecule has 0 aromatic rings. The Morgan fingerprint density at radius 1 is 1.35 bits per heavy atom. The quantitative estimate of drug-likeness (QED) is 0.582. The lowest BCUT2D eigenvalue weighted by Gasteiger charge is -2.43. The van der Waals surface area contributed by atoms with E-state index in [2.05, 4.69) is 5.43 Å². The van der Waals surface area contributed by atoms with Gasteiger partial charge in [0, 0.05) is 7.11 Å². The van der Waals surface area contributed by atoms with Crippen LogP contribution in [0.3, 0.4) is 0 Å². The van der Waals surface area contributed by atoms with E-state index < -0.39 is 0 Å². The summed E-state index contributed by atoms with van der Waals surface area (Å²) in [6.45, 7) is 0.820. The van der Waals surface area contributed by atoms with Gasteiger partial charge in [0.25, 0.3) is 0 Å². The van der Waals surface area contributed by atoms with E-state index in [1.807, 2.05) is 6.26 Å². The van der Waals surface area contributed by atoms with Crippen LogP contribution in [0.15, 0.2) is 11.8 Å². The zero-order valence-corrected chi connectivity index (χ0v) is 10.7. The van der Waals surface area contributed by atoms with E-state index in [-0.39, 0.29) is 11.6 Å². The van der Waals surface area contributed by atoms with Crippen molar-refractivity contribution < 1.29 is 9.47 Å². The van der Waals surface area contributed by atoms with E-state index in [4.69, 9.17) is 15.3 Å². The molecule has 0 aromatic heterocycles. The molecule has 0 aromatic carbocycles. The normalized spacial score (nSPS) is 25.9. The molecule has 1 fully saturated rings. The van der Waals surface area contributed by atoms with Gasteiger partial charge in [-0.05, 0) is 31.3 Å². The maximum atomic E-state index is 5.85. The third kappa shape index (κ3) is 2.64. The molecule has 1 atom stereocenters. The molecule has 4 heteroatoms. The lowest BCUT2D eigenvalue weighted by atomic mass is 9.76. The van der Waals surface area contributed by atoms with Gasteiger partial charge >= 0.3 is 0 Å². The van der Waals surface area contributed by atoms with E-state index in [1.54, 1.807) is 7.11 Å². The highest BCUT2D eigenvalue weighted by molar-refractivity contribution is 5.17. The summed E-state index contributed by atoms with van der Waals surface area (Å²) in [7, 11) is 1.81. The Bertz CT molecular complexity index is 273. The first-order valence-corrected chi connectivity index (χ1v) is 6.64. The molecule has 17 heavy (non-hydrogen) atoms. The first-order chi connectivity index (χ1) is 8.32. The van der Waals surface area contributed by atoms with Crippen molar-refractivity contribution >= 4 is 0 Å². The standard InChI is InChI=1S/C13H24N2O2/c1-16-13(7-3-2-4-8-13)12(15-14)11-6-5-9-17-10-11/h10,12,15H,2-9,14H2,1H3. The zero-order chi connectivity index (χ0) is 12.1. The minimum absolute atomic E-state index is 0.0908. The molecule has 1 unspecified atom stereocenters. The van der Waals surface area contributed by atoms with Crippen molar-refractivity contribution in [1.82, 2.24) is 5.43 Å². The Hall–Kier alpha value is -0.580. The van der Waals surface area contributed by atoms with Crippen LogP contribution in [0.4, 0.5) is 0 Å². The summed E-state index contributed by atoms with van der Waals surface area (Å²) >= 11 is 0. The molecule has 1 aliphatic carbocycles. The third-order valence-electron chi connectivity index (χ3n) is 4.13. The molecule has 1 heterocycles. The van der Waals surface area contributed by atoms with Crippen molar-refractivity contribution in [3.8, 4) is 0 Å². The van der Waals surface area contributed by atoms with Gasteiger partial charge in [-0.1, -0.05) is 19.3 Å². The molecule has 2 rings (SSSR count). The van der Waals surface area contributed by atoms with E-state index in [0.29, 0.717) is 0 Å². The van der Waals surface area contributed by atoms with Crippen LogP contribution in [-0.2, 0) is 9.47 Å². The molecule has 4 nitrogen and oxygen atoms in total. The zero-order valence-electron chi connectivity index (χ0n) is 10.7. The second-order valence-electron chi connectivity index (χ2n) is 5.10. The van der Waals surface area contributed by atoms with E-state index in [1.165, 1.54) is 24.8 Å². The summed E-state index contributed by atoms with van der Waals surface area (Å²) in [5.74, 6) is 5.77. The van der Waals surface area contributed by atoms with E-state index in [0.717, 1.165) is 32.3 Å². The van der Waals surface area contributed by atoms with Gasteiger partial charge in [0.05, 0.1) is 24.5 Å². The van der Waals surface area contributed by atoms with Crippen LogP contribution in [0.2, 0.25) is 0 Å². The summed E-state index contributed by atoms with van der Waals surface area (Å²) < 4.78 is 11.3. The monoisotopic (exact) mass is 240 g/mol. The second kappa shape index (κ2) is 5.85. The molecule has 0 bridgehead atoms. The fraction of sp³-hybridized carbons (Fsp3) is 0.846. The van der Waals surface area contributed by atoms with Crippen LogP contribution in [0.1, 0.15) is 44.9 Å². The number of nitrogens with one attached hydrogen (secondary N) is 1. The molecule has 1 aliphatic heterocycles. The number of hydrogen-bond donors (Lipinski definition) is 2. The minimum atomic E-state index is -0.139. The summed E-state index contributed by atoms with van der Waals surface area (Å²) in [5, 5.41) is 0. The van der Waals surface area contributed by atoms with Gasteiger partial charge in [0.15, 0.2) is 0 Å². The number of ether oxygens (including phenoxy) is 2. The van der Waals surface area contributed by atoms with Gasteiger partial charge in [0.2, 0.25) is 0 Å². The Morgan fingerprint density at radius 3 is 2.65 bits per heavy atom. The van der Waals surface area contributed by atoms with Gasteiger partial charge < -0.3 is 9.47 Å². The van der Waals surface area contributed by atoms with Crippen molar-refractivity contribution in [3.63, 3.8) is 0 Å². The van der Waals surface area contributed by atoms with Crippen LogP contribution < -0.4 is 11.3 Å². The average molecular weight is 240 g/mol. The molecule has 0 amide bonds. The SMILES string of the molecule is COC1(C(NN)C2=COCCC2)CCCCC1. The van der Waals surface area contributed by atoms with Crippen molar-refractivity contribution in [2.45, 2.75) is 56.6 Å². The molecule has 98 valence electrons. The molecular weight excluding hydrogens is 216 g/mol. The first kappa shape index (κ1) is 12.9. The molecule has 0 radical (unpaired) electrons. The van der Waals surface area contributed by atoms with Crippen molar-refractivity contribution in [2.75, 3.05) is 13.7 Å². The summed E-state index contributed by atoms with van der Waals surface area (Å²) in [5.41, 5.74) is 4.07. The summed E-state index contributed by atoms with van der Waals surface area (Å²) in [4.78, 5) is 0. The van der Waals surface area contributed by atoms with Crippen LogP contribution in [0.5, 0.6) is 0 Å². The maximum Gasteiger partial charge on any atom is 0.0883 e. The average Bonchev–Trinajstić information content (AvgIpc) is 2.42. The topological polar surface area (TPSA) is 56.5 Å². The number of methoxy groups -OCH3 is 1. The molecule has 2 aliphatic rings. The number of hydrazine groups is 1. The summed E-state index contributed by atoms with van der Waals surface area (Å²) in [6, 6.07) is 0.0908. The fourth-order valence-corrected chi connectivity index (χ4v) is 3.15. The molecule has 0 saturated heterocycles. The van der Waals surface area contributed by atoms with E-state index in [9.17, 15) is 0 Å². The smallest absolute Gasteiger partial charge is 0.0883 e. The van der Waals surface area contributed by atoms with Gasteiger partial charge in [-0.3, -0.25) is 11.3 Å². The minimum Gasteiger partial charge on any atom is -0.501 e. The van der Waals surface area contributed by atoms with Gasteiger partial charge in [-0.2, -0.15) is 0 Å². The lowest BCUT2D eigenvalue weighted by Crippen LogP contribution is -2.56. The third-order valence-corrected chi connectivity index (χ3v) is 4.13. The Kier molecular flexibility index (Phi) is 4.42. The fourth-order valence-electron chi connectivity index (χ4n) is 3.15. The number of hydrogen-bond acceptors (Lipinski definition) is 4.